The summed E-state index contributed by atoms with van der Waals surface area (Å²) in [6, 6.07) is 41.8. The van der Waals surface area contributed by atoms with Crippen molar-refractivity contribution in [3.63, 3.8) is 0 Å². The molecule has 252 valence electrons. The van der Waals surface area contributed by atoms with Crippen LogP contribution in [0.3, 0.4) is 0 Å². The molecule has 5 aromatic carbocycles. The second-order valence-electron chi connectivity index (χ2n) is 12.1. The molecule has 0 bridgehead atoms. The number of amides is 2. The maximum absolute atomic E-state index is 14.6. The van der Waals surface area contributed by atoms with Gasteiger partial charge in [0.15, 0.2) is 0 Å². The summed E-state index contributed by atoms with van der Waals surface area (Å²) in [5.74, 6) is 0.514. The third-order valence-corrected chi connectivity index (χ3v) is 9.65. The zero-order chi connectivity index (χ0) is 34.6. The molecule has 0 aliphatic rings. The first-order valence-corrected chi connectivity index (χ1v) is 17.7. The number of benzene rings is 5. The standard InChI is InChI=1S/C40H41N3O5S/c1-31(2)28-41-40(45)38(27-32-15-7-3-8-16-32)42(29-33-17-9-4-10-18-33)39(44)30-43(49(46,47)37-21-13-6-14-22-37)34-23-25-36(26-24-34)48-35-19-11-5-12-20-35/h3-26,31,38H,27-30H2,1-2H3,(H,41,45). The van der Waals surface area contributed by atoms with Gasteiger partial charge in [-0.3, -0.25) is 13.9 Å². The molecular weight excluding hydrogens is 635 g/mol. The van der Waals surface area contributed by atoms with E-state index in [1.807, 2.05) is 105 Å². The number of nitrogens with zero attached hydrogens (tertiary/aromatic N) is 2. The Balaban J connectivity index is 1.53. The van der Waals surface area contributed by atoms with Crippen LogP contribution in [0.4, 0.5) is 5.69 Å². The normalized spacial score (nSPS) is 11.8. The number of carbonyl (C=O) groups excluding carboxylic acids is 2. The molecular formula is C40H41N3O5S. The first-order chi connectivity index (χ1) is 23.7. The van der Waals surface area contributed by atoms with Gasteiger partial charge in [0.1, 0.15) is 24.1 Å². The van der Waals surface area contributed by atoms with E-state index in [9.17, 15) is 18.0 Å². The summed E-state index contributed by atoms with van der Waals surface area (Å²) in [5, 5.41) is 3.01. The molecule has 0 aliphatic heterocycles. The van der Waals surface area contributed by atoms with E-state index in [-0.39, 0.29) is 35.4 Å². The van der Waals surface area contributed by atoms with Gasteiger partial charge in [0.2, 0.25) is 11.8 Å². The molecule has 0 aromatic heterocycles. The Morgan fingerprint density at radius 2 is 1.18 bits per heavy atom. The molecule has 0 saturated carbocycles. The Bertz CT molecular complexity index is 1890. The molecule has 8 nitrogen and oxygen atoms in total. The highest BCUT2D eigenvalue weighted by molar-refractivity contribution is 7.92. The SMILES string of the molecule is CC(C)CNC(=O)C(Cc1ccccc1)N(Cc1ccccc1)C(=O)CN(c1ccc(Oc2ccccc2)cc1)S(=O)(=O)c1ccccc1. The van der Waals surface area contributed by atoms with Crippen LogP contribution in [0, 0.1) is 5.92 Å². The molecule has 49 heavy (non-hydrogen) atoms. The average molecular weight is 676 g/mol. The van der Waals surface area contributed by atoms with Crippen LogP contribution < -0.4 is 14.4 Å². The van der Waals surface area contributed by atoms with Gasteiger partial charge in [0.25, 0.3) is 10.0 Å². The van der Waals surface area contributed by atoms with Crippen LogP contribution in [0.2, 0.25) is 0 Å². The molecule has 0 saturated heterocycles. The van der Waals surface area contributed by atoms with Gasteiger partial charge in [-0.25, -0.2) is 8.42 Å². The van der Waals surface area contributed by atoms with E-state index in [4.69, 9.17) is 4.74 Å². The highest BCUT2D eigenvalue weighted by atomic mass is 32.2. The van der Waals surface area contributed by atoms with E-state index < -0.39 is 28.5 Å². The average Bonchev–Trinajstić information content (AvgIpc) is 3.13. The maximum Gasteiger partial charge on any atom is 0.264 e. The molecule has 0 fully saturated rings. The second-order valence-corrected chi connectivity index (χ2v) is 13.9. The van der Waals surface area contributed by atoms with Crippen molar-refractivity contribution in [1.29, 1.82) is 0 Å². The van der Waals surface area contributed by atoms with Gasteiger partial charge >= 0.3 is 0 Å². The number of nitrogens with one attached hydrogen (secondary N) is 1. The number of ether oxygens (including phenoxy) is 1. The highest BCUT2D eigenvalue weighted by Crippen LogP contribution is 2.29. The third kappa shape index (κ3) is 9.58. The van der Waals surface area contributed by atoms with Crippen molar-refractivity contribution < 1.29 is 22.7 Å². The van der Waals surface area contributed by atoms with E-state index in [1.165, 1.54) is 17.0 Å². The van der Waals surface area contributed by atoms with Gasteiger partial charge in [-0.1, -0.05) is 111 Å². The summed E-state index contributed by atoms with van der Waals surface area (Å²) in [6.45, 7) is 4.01. The van der Waals surface area contributed by atoms with Crippen molar-refractivity contribution in [1.82, 2.24) is 10.2 Å². The van der Waals surface area contributed by atoms with Gasteiger partial charge in [-0.15, -0.1) is 0 Å². The molecule has 1 unspecified atom stereocenters. The first-order valence-electron chi connectivity index (χ1n) is 16.3. The van der Waals surface area contributed by atoms with Crippen molar-refractivity contribution in [3.8, 4) is 11.5 Å². The topological polar surface area (TPSA) is 96.0 Å². The predicted molar refractivity (Wildman–Crippen MR) is 193 cm³/mol. The summed E-state index contributed by atoms with van der Waals surface area (Å²) in [5.41, 5.74) is 1.97. The number of hydrogen-bond acceptors (Lipinski definition) is 5. The molecule has 0 spiro atoms. The monoisotopic (exact) mass is 675 g/mol. The lowest BCUT2D eigenvalue weighted by Crippen LogP contribution is -2.53. The zero-order valence-electron chi connectivity index (χ0n) is 27.7. The minimum Gasteiger partial charge on any atom is -0.457 e. The highest BCUT2D eigenvalue weighted by Gasteiger charge is 2.34. The lowest BCUT2D eigenvalue weighted by molar-refractivity contribution is -0.140. The molecule has 9 heteroatoms. The molecule has 0 aliphatic carbocycles. The summed E-state index contributed by atoms with van der Waals surface area (Å²) in [7, 11) is -4.21. The van der Waals surface area contributed by atoms with Crippen molar-refractivity contribution >= 4 is 27.5 Å². The number of sulfonamides is 1. The Labute approximate surface area is 289 Å². The molecule has 5 rings (SSSR count). The van der Waals surface area contributed by atoms with E-state index in [1.54, 1.807) is 42.5 Å². The Morgan fingerprint density at radius 1 is 0.673 bits per heavy atom. The van der Waals surface area contributed by atoms with E-state index >= 15 is 0 Å². The first kappa shape index (κ1) is 34.9. The summed E-state index contributed by atoms with van der Waals surface area (Å²) in [6.07, 6.45) is 0.250. The fourth-order valence-electron chi connectivity index (χ4n) is 5.31. The van der Waals surface area contributed by atoms with Crippen LogP contribution >= 0.6 is 0 Å². The molecule has 0 radical (unpaired) electrons. The third-order valence-electron chi connectivity index (χ3n) is 7.87. The van der Waals surface area contributed by atoms with Crippen molar-refractivity contribution in [3.05, 3.63) is 157 Å². The van der Waals surface area contributed by atoms with Crippen LogP contribution in [0.1, 0.15) is 25.0 Å². The lowest BCUT2D eigenvalue weighted by Gasteiger charge is -2.34. The molecule has 1 atom stereocenters. The second kappa shape index (κ2) is 16.6. The smallest absolute Gasteiger partial charge is 0.264 e. The Hall–Kier alpha value is -5.41. The number of para-hydroxylation sites is 1. The summed E-state index contributed by atoms with van der Waals surface area (Å²) in [4.78, 5) is 30.0. The van der Waals surface area contributed by atoms with Crippen molar-refractivity contribution in [2.24, 2.45) is 5.92 Å². The summed E-state index contributed by atoms with van der Waals surface area (Å²) < 4.78 is 35.5. The quantitative estimate of drug-likeness (QED) is 0.128. The largest absolute Gasteiger partial charge is 0.457 e. The van der Waals surface area contributed by atoms with Crippen molar-refractivity contribution in [2.75, 3.05) is 17.4 Å². The van der Waals surface area contributed by atoms with Gasteiger partial charge in [-0.2, -0.15) is 0 Å². The Kier molecular flexibility index (Phi) is 11.8. The number of carbonyl (C=O) groups is 2. The summed E-state index contributed by atoms with van der Waals surface area (Å²) >= 11 is 0. The minimum atomic E-state index is -4.21. The fraction of sp³-hybridized carbons (Fsp3) is 0.200. The van der Waals surface area contributed by atoms with Crippen LogP contribution in [-0.2, 0) is 32.6 Å². The molecule has 2 amide bonds. The molecule has 1 N–H and O–H groups in total. The number of anilines is 1. The zero-order valence-corrected chi connectivity index (χ0v) is 28.5. The lowest BCUT2D eigenvalue weighted by atomic mass is 10.0. The van der Waals surface area contributed by atoms with Gasteiger partial charge in [0, 0.05) is 19.5 Å². The fourth-order valence-corrected chi connectivity index (χ4v) is 6.75. The van der Waals surface area contributed by atoms with E-state index in [0.29, 0.717) is 18.0 Å². The maximum atomic E-state index is 14.6. The number of hydrogen-bond donors (Lipinski definition) is 1. The van der Waals surface area contributed by atoms with Crippen molar-refractivity contribution in [2.45, 2.75) is 37.8 Å². The number of rotatable bonds is 15. The van der Waals surface area contributed by atoms with Crippen LogP contribution in [0.15, 0.2) is 150 Å². The Morgan fingerprint density at radius 3 is 1.76 bits per heavy atom. The van der Waals surface area contributed by atoms with Crippen LogP contribution in [0.25, 0.3) is 0 Å². The van der Waals surface area contributed by atoms with Crippen LogP contribution in [0.5, 0.6) is 11.5 Å². The van der Waals surface area contributed by atoms with Gasteiger partial charge in [0.05, 0.1) is 10.6 Å². The van der Waals surface area contributed by atoms with Crippen LogP contribution in [-0.4, -0.2) is 44.3 Å². The van der Waals surface area contributed by atoms with E-state index in [2.05, 4.69) is 5.32 Å². The predicted octanol–water partition coefficient (Wildman–Crippen LogP) is 7.09. The minimum absolute atomic E-state index is 0.0394. The van der Waals surface area contributed by atoms with E-state index in [0.717, 1.165) is 15.4 Å². The van der Waals surface area contributed by atoms with Gasteiger partial charge in [-0.05, 0) is 65.6 Å². The molecule has 0 heterocycles. The molecule has 5 aromatic rings. The van der Waals surface area contributed by atoms with Gasteiger partial charge < -0.3 is 15.0 Å².